The third-order valence-electron chi connectivity index (χ3n) is 3.60. The normalized spacial score (nSPS) is 11.8. The van der Waals surface area contributed by atoms with Crippen molar-refractivity contribution in [2.24, 2.45) is 0 Å². The SMILES string of the molecule is CC(C)N(C)S(=O)(=O)c1ccc(NC(=O)c2cccc(Cl)c2)cc1. The fraction of sp³-hybridized carbons (Fsp3) is 0.235. The van der Waals surface area contributed by atoms with Crippen molar-refractivity contribution in [3.8, 4) is 0 Å². The van der Waals surface area contributed by atoms with E-state index in [1.165, 1.54) is 23.5 Å². The Labute approximate surface area is 147 Å². The first-order chi connectivity index (χ1) is 11.2. The molecule has 7 heteroatoms. The number of nitrogens with zero attached hydrogens (tertiary/aromatic N) is 1. The lowest BCUT2D eigenvalue weighted by atomic mass is 10.2. The Morgan fingerprint density at radius 3 is 2.29 bits per heavy atom. The molecule has 0 unspecified atom stereocenters. The summed E-state index contributed by atoms with van der Waals surface area (Å²) in [4.78, 5) is 12.3. The van der Waals surface area contributed by atoms with Gasteiger partial charge in [0.25, 0.3) is 5.91 Å². The second kappa shape index (κ2) is 7.34. The molecular formula is C17H19ClN2O3S. The van der Waals surface area contributed by atoms with Crippen molar-refractivity contribution in [3.05, 3.63) is 59.1 Å². The average Bonchev–Trinajstić information content (AvgIpc) is 2.54. The van der Waals surface area contributed by atoms with Crippen molar-refractivity contribution in [3.63, 3.8) is 0 Å². The maximum Gasteiger partial charge on any atom is 0.255 e. The third-order valence-corrected chi connectivity index (χ3v) is 5.89. The minimum Gasteiger partial charge on any atom is -0.322 e. The van der Waals surface area contributed by atoms with Crippen molar-refractivity contribution < 1.29 is 13.2 Å². The van der Waals surface area contributed by atoms with Crippen LogP contribution in [0.1, 0.15) is 24.2 Å². The topological polar surface area (TPSA) is 66.5 Å². The van der Waals surface area contributed by atoms with Gasteiger partial charge in [0.1, 0.15) is 0 Å². The van der Waals surface area contributed by atoms with Gasteiger partial charge >= 0.3 is 0 Å². The maximum atomic E-state index is 12.4. The van der Waals surface area contributed by atoms with Gasteiger partial charge in [0.05, 0.1) is 4.90 Å². The molecule has 0 heterocycles. The van der Waals surface area contributed by atoms with Gasteiger partial charge in [-0.15, -0.1) is 0 Å². The smallest absolute Gasteiger partial charge is 0.255 e. The van der Waals surface area contributed by atoms with Gasteiger partial charge in [-0.2, -0.15) is 4.31 Å². The molecule has 0 aromatic heterocycles. The Morgan fingerprint density at radius 2 is 1.75 bits per heavy atom. The van der Waals surface area contributed by atoms with Crippen LogP contribution in [0.5, 0.6) is 0 Å². The number of carbonyl (C=O) groups is 1. The zero-order valence-electron chi connectivity index (χ0n) is 13.7. The zero-order chi connectivity index (χ0) is 17.9. The van der Waals surface area contributed by atoms with Crippen LogP contribution in [0.25, 0.3) is 0 Å². The molecule has 1 amide bonds. The molecule has 0 radical (unpaired) electrons. The van der Waals surface area contributed by atoms with Crippen LogP contribution >= 0.6 is 11.6 Å². The Hall–Kier alpha value is -1.89. The number of hydrogen-bond donors (Lipinski definition) is 1. The maximum absolute atomic E-state index is 12.4. The van der Waals surface area contributed by atoms with Crippen LogP contribution < -0.4 is 5.32 Å². The second-order valence-electron chi connectivity index (χ2n) is 5.60. The van der Waals surface area contributed by atoms with E-state index in [-0.39, 0.29) is 16.8 Å². The van der Waals surface area contributed by atoms with Gasteiger partial charge in [0, 0.05) is 29.4 Å². The van der Waals surface area contributed by atoms with Gasteiger partial charge in [-0.1, -0.05) is 17.7 Å². The Morgan fingerprint density at radius 1 is 1.12 bits per heavy atom. The van der Waals surface area contributed by atoms with Crippen LogP contribution in [0.4, 0.5) is 5.69 Å². The number of rotatable bonds is 5. The van der Waals surface area contributed by atoms with E-state index in [9.17, 15) is 13.2 Å². The molecule has 0 saturated carbocycles. The quantitative estimate of drug-likeness (QED) is 0.878. The zero-order valence-corrected chi connectivity index (χ0v) is 15.2. The summed E-state index contributed by atoms with van der Waals surface area (Å²) in [6, 6.07) is 12.5. The van der Waals surface area contributed by atoms with Crippen LogP contribution in [-0.2, 0) is 10.0 Å². The monoisotopic (exact) mass is 366 g/mol. The summed E-state index contributed by atoms with van der Waals surface area (Å²) in [5.41, 5.74) is 0.935. The average molecular weight is 367 g/mol. The lowest BCUT2D eigenvalue weighted by Crippen LogP contribution is -2.33. The van der Waals surface area contributed by atoms with Gasteiger partial charge in [0.2, 0.25) is 10.0 Å². The third kappa shape index (κ3) is 4.14. The molecule has 0 fully saturated rings. The first kappa shape index (κ1) is 18.4. The predicted octanol–water partition coefficient (Wildman–Crippen LogP) is 3.62. The van der Waals surface area contributed by atoms with E-state index in [0.29, 0.717) is 16.3 Å². The molecule has 0 aliphatic rings. The fourth-order valence-electron chi connectivity index (χ4n) is 1.99. The number of carbonyl (C=O) groups excluding carboxylic acids is 1. The number of hydrogen-bond acceptors (Lipinski definition) is 3. The van der Waals surface area contributed by atoms with Gasteiger partial charge in [0.15, 0.2) is 0 Å². The van der Waals surface area contributed by atoms with Crippen LogP contribution in [0.15, 0.2) is 53.4 Å². The summed E-state index contributed by atoms with van der Waals surface area (Å²) in [5.74, 6) is -0.313. The molecule has 0 aliphatic heterocycles. The molecule has 128 valence electrons. The predicted molar refractivity (Wildman–Crippen MR) is 95.9 cm³/mol. The van der Waals surface area contributed by atoms with Crippen LogP contribution in [0.3, 0.4) is 0 Å². The van der Waals surface area contributed by atoms with Crippen molar-refractivity contribution >= 4 is 33.2 Å². The molecule has 0 atom stereocenters. The number of halogens is 1. The van der Waals surface area contributed by atoms with E-state index in [2.05, 4.69) is 5.32 Å². The van der Waals surface area contributed by atoms with Gasteiger partial charge in [-0.05, 0) is 56.3 Å². The number of nitrogens with one attached hydrogen (secondary N) is 1. The highest BCUT2D eigenvalue weighted by Gasteiger charge is 2.22. The summed E-state index contributed by atoms with van der Waals surface area (Å²) in [5, 5.41) is 3.18. The summed E-state index contributed by atoms with van der Waals surface area (Å²) in [7, 11) is -2.00. The summed E-state index contributed by atoms with van der Waals surface area (Å²) < 4.78 is 26.1. The van der Waals surface area contributed by atoms with E-state index in [4.69, 9.17) is 11.6 Å². The van der Waals surface area contributed by atoms with E-state index < -0.39 is 10.0 Å². The highest BCUT2D eigenvalue weighted by Crippen LogP contribution is 2.20. The van der Waals surface area contributed by atoms with E-state index in [0.717, 1.165) is 0 Å². The van der Waals surface area contributed by atoms with Crippen molar-refractivity contribution in [2.45, 2.75) is 24.8 Å². The second-order valence-corrected chi connectivity index (χ2v) is 8.04. The molecule has 0 spiro atoms. The molecular weight excluding hydrogens is 348 g/mol. The van der Waals surface area contributed by atoms with Gasteiger partial charge in [-0.3, -0.25) is 4.79 Å². The Balaban J connectivity index is 2.17. The Kier molecular flexibility index (Phi) is 5.64. The number of benzene rings is 2. The fourth-order valence-corrected chi connectivity index (χ4v) is 3.54. The molecule has 0 saturated heterocycles. The van der Waals surface area contributed by atoms with Gasteiger partial charge < -0.3 is 5.32 Å². The van der Waals surface area contributed by atoms with E-state index in [1.807, 2.05) is 0 Å². The molecule has 2 aromatic rings. The molecule has 0 aliphatic carbocycles. The minimum absolute atomic E-state index is 0.141. The molecule has 1 N–H and O–H groups in total. The summed E-state index contributed by atoms with van der Waals surface area (Å²) in [6.07, 6.45) is 0. The number of amides is 1. The van der Waals surface area contributed by atoms with Crippen LogP contribution in [0.2, 0.25) is 5.02 Å². The van der Waals surface area contributed by atoms with E-state index >= 15 is 0 Å². The minimum atomic E-state index is -3.54. The summed E-state index contributed by atoms with van der Waals surface area (Å²) >= 11 is 5.87. The number of anilines is 1. The first-order valence-corrected chi connectivity index (χ1v) is 9.18. The van der Waals surface area contributed by atoms with E-state index in [1.54, 1.807) is 50.2 Å². The van der Waals surface area contributed by atoms with Crippen molar-refractivity contribution in [1.82, 2.24) is 4.31 Å². The highest BCUT2D eigenvalue weighted by atomic mass is 35.5. The highest BCUT2D eigenvalue weighted by molar-refractivity contribution is 7.89. The molecule has 2 aromatic carbocycles. The lowest BCUT2D eigenvalue weighted by Gasteiger charge is -2.21. The molecule has 2 rings (SSSR count). The van der Waals surface area contributed by atoms with Crippen molar-refractivity contribution in [2.75, 3.05) is 12.4 Å². The Bertz CT molecular complexity index is 833. The molecule has 5 nitrogen and oxygen atoms in total. The first-order valence-electron chi connectivity index (χ1n) is 7.37. The summed E-state index contributed by atoms with van der Waals surface area (Å²) in [6.45, 7) is 3.61. The molecule has 24 heavy (non-hydrogen) atoms. The lowest BCUT2D eigenvalue weighted by molar-refractivity contribution is 0.102. The standard InChI is InChI=1S/C17H19ClN2O3S/c1-12(2)20(3)24(22,23)16-9-7-15(8-10-16)19-17(21)13-5-4-6-14(18)11-13/h4-12H,1-3H3,(H,19,21). The van der Waals surface area contributed by atoms with Crippen molar-refractivity contribution in [1.29, 1.82) is 0 Å². The number of sulfonamides is 1. The van der Waals surface area contributed by atoms with Crippen LogP contribution in [-0.4, -0.2) is 31.7 Å². The molecule has 0 bridgehead atoms. The largest absolute Gasteiger partial charge is 0.322 e. The van der Waals surface area contributed by atoms with Gasteiger partial charge in [-0.25, -0.2) is 8.42 Å². The van der Waals surface area contributed by atoms with Crippen LogP contribution in [0, 0.1) is 0 Å².